The summed E-state index contributed by atoms with van der Waals surface area (Å²) in [6, 6.07) is 17.9. The van der Waals surface area contributed by atoms with Gasteiger partial charge < -0.3 is 20.3 Å². The molecule has 5 nitrogen and oxygen atoms in total. The molecule has 0 atom stereocenters. The molecule has 2 heterocycles. The van der Waals surface area contributed by atoms with Crippen LogP contribution in [-0.4, -0.2) is 70.4 Å². The van der Waals surface area contributed by atoms with Crippen LogP contribution in [0.4, 0.5) is 5.69 Å². The average molecular weight is 395 g/mol. The zero-order chi connectivity index (χ0) is 19.9. The van der Waals surface area contributed by atoms with E-state index in [0.717, 1.165) is 38.5 Å². The Labute approximate surface area is 175 Å². The van der Waals surface area contributed by atoms with Crippen LogP contribution < -0.4 is 20.3 Å². The quantitative estimate of drug-likeness (QED) is 0.756. The highest BCUT2D eigenvalue weighted by Gasteiger charge is 2.19. The van der Waals surface area contributed by atoms with E-state index < -0.39 is 0 Å². The summed E-state index contributed by atoms with van der Waals surface area (Å²) >= 11 is 0. The number of anilines is 1. The molecule has 0 unspecified atom stereocenters. The number of ether oxygens (including phenoxy) is 1. The van der Waals surface area contributed by atoms with E-state index in [1.54, 1.807) is 7.11 Å². The van der Waals surface area contributed by atoms with Crippen molar-refractivity contribution in [2.24, 2.45) is 0 Å². The van der Waals surface area contributed by atoms with Crippen molar-refractivity contribution < 1.29 is 4.74 Å². The Kier molecular flexibility index (Phi) is 7.04. The van der Waals surface area contributed by atoms with Gasteiger partial charge in [0.2, 0.25) is 0 Å². The minimum absolute atomic E-state index is 0.649. The molecule has 0 amide bonds. The SMILES string of the molecule is COc1cccc(-c2cccc(N3CCC(NCCN4CCNCC4)CC3)c2)c1. The van der Waals surface area contributed by atoms with Gasteiger partial charge in [-0.1, -0.05) is 24.3 Å². The molecule has 29 heavy (non-hydrogen) atoms. The molecule has 0 spiro atoms. The second kappa shape index (κ2) is 10.1. The lowest BCUT2D eigenvalue weighted by atomic mass is 10.0. The molecule has 2 aromatic carbocycles. The zero-order valence-corrected chi connectivity index (χ0v) is 17.6. The second-order valence-electron chi connectivity index (χ2n) is 8.09. The number of methoxy groups -OCH3 is 1. The van der Waals surface area contributed by atoms with Crippen molar-refractivity contribution in [1.82, 2.24) is 15.5 Å². The highest BCUT2D eigenvalue weighted by atomic mass is 16.5. The van der Waals surface area contributed by atoms with Crippen molar-refractivity contribution in [3.8, 4) is 16.9 Å². The molecule has 2 aromatic rings. The van der Waals surface area contributed by atoms with Crippen LogP contribution in [0.3, 0.4) is 0 Å². The largest absolute Gasteiger partial charge is 0.497 e. The minimum Gasteiger partial charge on any atom is -0.497 e. The molecule has 0 bridgehead atoms. The Morgan fingerprint density at radius 1 is 0.966 bits per heavy atom. The van der Waals surface area contributed by atoms with Crippen molar-refractivity contribution in [2.45, 2.75) is 18.9 Å². The number of piperazine rings is 1. The summed E-state index contributed by atoms with van der Waals surface area (Å²) in [7, 11) is 1.72. The summed E-state index contributed by atoms with van der Waals surface area (Å²) in [5.74, 6) is 0.903. The molecule has 156 valence electrons. The van der Waals surface area contributed by atoms with Crippen LogP contribution in [0, 0.1) is 0 Å². The second-order valence-corrected chi connectivity index (χ2v) is 8.09. The van der Waals surface area contributed by atoms with Crippen molar-refractivity contribution in [2.75, 3.05) is 64.4 Å². The van der Waals surface area contributed by atoms with E-state index in [0.29, 0.717) is 6.04 Å². The molecular formula is C24H34N4O. The van der Waals surface area contributed by atoms with Crippen LogP contribution in [0.1, 0.15) is 12.8 Å². The molecule has 0 radical (unpaired) electrons. The summed E-state index contributed by atoms with van der Waals surface area (Å²) in [6.45, 7) is 9.15. The van der Waals surface area contributed by atoms with Gasteiger partial charge in [0.05, 0.1) is 7.11 Å². The predicted octanol–water partition coefficient (Wildman–Crippen LogP) is 2.83. The number of nitrogens with zero attached hydrogens (tertiary/aromatic N) is 2. The Hall–Kier alpha value is -2.08. The van der Waals surface area contributed by atoms with E-state index in [4.69, 9.17) is 4.74 Å². The van der Waals surface area contributed by atoms with Crippen LogP contribution in [0.15, 0.2) is 48.5 Å². The Balaban J connectivity index is 1.28. The lowest BCUT2D eigenvalue weighted by Crippen LogP contribution is -2.48. The third-order valence-electron chi connectivity index (χ3n) is 6.18. The highest BCUT2D eigenvalue weighted by molar-refractivity contribution is 5.69. The van der Waals surface area contributed by atoms with Crippen LogP contribution in [0.25, 0.3) is 11.1 Å². The van der Waals surface area contributed by atoms with Gasteiger partial charge in [-0.15, -0.1) is 0 Å². The number of rotatable bonds is 7. The van der Waals surface area contributed by atoms with E-state index in [1.165, 1.54) is 49.3 Å². The van der Waals surface area contributed by atoms with Crippen LogP contribution in [-0.2, 0) is 0 Å². The number of benzene rings is 2. The first-order valence-electron chi connectivity index (χ1n) is 11.0. The van der Waals surface area contributed by atoms with E-state index in [-0.39, 0.29) is 0 Å². The van der Waals surface area contributed by atoms with Gasteiger partial charge in [-0.25, -0.2) is 0 Å². The fourth-order valence-electron chi connectivity index (χ4n) is 4.39. The van der Waals surface area contributed by atoms with Crippen molar-refractivity contribution >= 4 is 5.69 Å². The van der Waals surface area contributed by atoms with E-state index in [1.807, 2.05) is 6.07 Å². The van der Waals surface area contributed by atoms with Crippen molar-refractivity contribution in [3.05, 3.63) is 48.5 Å². The monoisotopic (exact) mass is 394 g/mol. The summed E-state index contributed by atoms with van der Waals surface area (Å²) in [6.07, 6.45) is 2.43. The molecule has 0 aromatic heterocycles. The minimum atomic E-state index is 0.649. The maximum Gasteiger partial charge on any atom is 0.119 e. The van der Waals surface area contributed by atoms with Crippen molar-refractivity contribution in [3.63, 3.8) is 0 Å². The zero-order valence-electron chi connectivity index (χ0n) is 17.6. The summed E-state index contributed by atoms with van der Waals surface area (Å²) in [4.78, 5) is 5.08. The van der Waals surface area contributed by atoms with Gasteiger partial charge in [0, 0.05) is 64.1 Å². The van der Waals surface area contributed by atoms with Crippen LogP contribution in [0.5, 0.6) is 5.75 Å². The first kappa shape index (κ1) is 20.2. The standard InChI is InChI=1S/C24H34N4O/c1-29-24-7-3-5-21(19-24)20-4-2-6-23(18-20)28-13-8-22(9-14-28)26-12-17-27-15-10-25-11-16-27/h2-7,18-19,22,25-26H,8-17H2,1H3. The topological polar surface area (TPSA) is 39.8 Å². The molecular weight excluding hydrogens is 360 g/mol. The molecule has 5 heteroatoms. The first-order chi connectivity index (χ1) is 14.3. The summed E-state index contributed by atoms with van der Waals surface area (Å²) in [5.41, 5.74) is 3.78. The molecule has 2 aliphatic rings. The molecule has 0 aliphatic carbocycles. The van der Waals surface area contributed by atoms with Crippen molar-refractivity contribution in [1.29, 1.82) is 0 Å². The number of nitrogens with one attached hydrogen (secondary N) is 2. The average Bonchev–Trinajstić information content (AvgIpc) is 2.80. The normalized spacial score (nSPS) is 18.7. The van der Waals surface area contributed by atoms with Crippen LogP contribution >= 0.6 is 0 Å². The molecule has 4 rings (SSSR count). The first-order valence-corrected chi connectivity index (χ1v) is 11.0. The fraction of sp³-hybridized carbons (Fsp3) is 0.500. The van der Waals surface area contributed by atoms with E-state index in [9.17, 15) is 0 Å². The third kappa shape index (κ3) is 5.50. The van der Waals surface area contributed by atoms with Gasteiger partial charge in [0.1, 0.15) is 5.75 Å². The Morgan fingerprint density at radius 2 is 1.69 bits per heavy atom. The van der Waals surface area contributed by atoms with E-state index in [2.05, 4.69) is 62.9 Å². The molecule has 2 N–H and O–H groups in total. The molecule has 2 saturated heterocycles. The summed E-state index contributed by atoms with van der Waals surface area (Å²) in [5, 5.41) is 7.21. The third-order valence-corrected chi connectivity index (χ3v) is 6.18. The molecule has 2 aliphatic heterocycles. The lowest BCUT2D eigenvalue weighted by Gasteiger charge is -2.35. The highest BCUT2D eigenvalue weighted by Crippen LogP contribution is 2.28. The van der Waals surface area contributed by atoms with Gasteiger partial charge in [-0.3, -0.25) is 4.90 Å². The Morgan fingerprint density at radius 3 is 2.45 bits per heavy atom. The number of piperidine rings is 1. The predicted molar refractivity (Wildman–Crippen MR) is 121 cm³/mol. The van der Waals surface area contributed by atoms with Gasteiger partial charge in [-0.2, -0.15) is 0 Å². The fourth-order valence-corrected chi connectivity index (χ4v) is 4.39. The summed E-state index contributed by atoms with van der Waals surface area (Å²) < 4.78 is 5.38. The maximum absolute atomic E-state index is 5.38. The number of hydrogen-bond acceptors (Lipinski definition) is 5. The van der Waals surface area contributed by atoms with Gasteiger partial charge in [0.25, 0.3) is 0 Å². The van der Waals surface area contributed by atoms with Gasteiger partial charge in [0.15, 0.2) is 0 Å². The molecule has 2 fully saturated rings. The maximum atomic E-state index is 5.38. The number of hydrogen-bond donors (Lipinski definition) is 2. The molecule has 0 saturated carbocycles. The van der Waals surface area contributed by atoms with Crippen LogP contribution in [0.2, 0.25) is 0 Å². The smallest absolute Gasteiger partial charge is 0.119 e. The van der Waals surface area contributed by atoms with Gasteiger partial charge in [-0.05, 0) is 48.2 Å². The van der Waals surface area contributed by atoms with E-state index >= 15 is 0 Å². The van der Waals surface area contributed by atoms with Gasteiger partial charge >= 0.3 is 0 Å². The lowest BCUT2D eigenvalue weighted by molar-refractivity contribution is 0.235. The Bertz CT molecular complexity index is 767.